The Morgan fingerprint density at radius 3 is 3.11 bits per heavy atom. The maximum absolute atomic E-state index is 11.1. The van der Waals surface area contributed by atoms with Crippen molar-refractivity contribution in [2.45, 2.75) is 37.0 Å². The highest BCUT2D eigenvalue weighted by molar-refractivity contribution is 7.99. The summed E-state index contributed by atoms with van der Waals surface area (Å²) in [5, 5.41) is 13.1. The van der Waals surface area contributed by atoms with Crippen LogP contribution < -0.4 is 5.32 Å². The molecule has 0 bridgehead atoms. The topological polar surface area (TPSA) is 62.2 Å². The molecule has 1 aromatic heterocycles. The number of aromatic carboxylic acids is 1. The van der Waals surface area contributed by atoms with Crippen molar-refractivity contribution in [2.24, 2.45) is 0 Å². The van der Waals surface area contributed by atoms with E-state index in [4.69, 9.17) is 5.11 Å². The van der Waals surface area contributed by atoms with Crippen molar-refractivity contribution in [1.29, 1.82) is 0 Å². The number of aromatic nitrogens is 1. The van der Waals surface area contributed by atoms with E-state index in [2.05, 4.69) is 16.6 Å². The van der Waals surface area contributed by atoms with Gasteiger partial charge in [-0.05, 0) is 37.7 Å². The summed E-state index contributed by atoms with van der Waals surface area (Å²) in [5.74, 6) is -0.431. The number of carboxylic acids is 1. The molecule has 1 fully saturated rings. The standard InChI is InChI=1S/C13H18N2O2S/c1-18-10-5-2-4-9(8-10)15-12-11(13(16)17)6-3-7-14-12/h3,6-7,9-10H,2,4-5,8H2,1H3,(H,14,15)(H,16,17). The SMILES string of the molecule is CSC1CCCC(Nc2ncccc2C(=O)O)C1. The number of pyridine rings is 1. The largest absolute Gasteiger partial charge is 0.478 e. The Bertz CT molecular complexity index is 425. The molecular formula is C13H18N2O2S. The van der Waals surface area contributed by atoms with E-state index in [1.54, 1.807) is 18.3 Å². The minimum Gasteiger partial charge on any atom is -0.478 e. The molecular weight excluding hydrogens is 248 g/mol. The highest BCUT2D eigenvalue weighted by atomic mass is 32.2. The van der Waals surface area contributed by atoms with Crippen LogP contribution in [0.1, 0.15) is 36.0 Å². The first-order valence-corrected chi connectivity index (χ1v) is 7.47. The van der Waals surface area contributed by atoms with Crippen LogP contribution >= 0.6 is 11.8 Å². The van der Waals surface area contributed by atoms with Crippen LogP contribution in [0.5, 0.6) is 0 Å². The molecule has 2 N–H and O–H groups in total. The van der Waals surface area contributed by atoms with Crippen molar-refractivity contribution in [3.8, 4) is 0 Å². The summed E-state index contributed by atoms with van der Waals surface area (Å²) >= 11 is 1.89. The van der Waals surface area contributed by atoms with Gasteiger partial charge in [-0.3, -0.25) is 0 Å². The number of rotatable bonds is 4. The normalized spacial score (nSPS) is 23.6. The van der Waals surface area contributed by atoms with E-state index >= 15 is 0 Å². The zero-order valence-electron chi connectivity index (χ0n) is 10.4. The maximum atomic E-state index is 11.1. The first-order chi connectivity index (χ1) is 8.70. The van der Waals surface area contributed by atoms with Gasteiger partial charge in [0.25, 0.3) is 0 Å². The minimum atomic E-state index is -0.928. The third-order valence-electron chi connectivity index (χ3n) is 3.34. The molecule has 0 radical (unpaired) electrons. The van der Waals surface area contributed by atoms with E-state index in [0.717, 1.165) is 12.8 Å². The van der Waals surface area contributed by atoms with Gasteiger partial charge in [-0.25, -0.2) is 9.78 Å². The van der Waals surface area contributed by atoms with Gasteiger partial charge in [0.05, 0.1) is 0 Å². The van der Waals surface area contributed by atoms with Crippen molar-refractivity contribution in [1.82, 2.24) is 4.98 Å². The van der Waals surface area contributed by atoms with Gasteiger partial charge in [-0.15, -0.1) is 0 Å². The second-order valence-corrected chi connectivity index (χ2v) is 5.71. The minimum absolute atomic E-state index is 0.253. The molecule has 0 aromatic carbocycles. The van der Waals surface area contributed by atoms with Crippen molar-refractivity contribution in [2.75, 3.05) is 11.6 Å². The summed E-state index contributed by atoms with van der Waals surface area (Å²) in [5.41, 5.74) is 0.253. The Kier molecular flexibility index (Phi) is 4.47. The fraction of sp³-hybridized carbons (Fsp3) is 0.538. The zero-order chi connectivity index (χ0) is 13.0. The second-order valence-electron chi connectivity index (χ2n) is 4.57. The number of anilines is 1. The molecule has 5 heteroatoms. The lowest BCUT2D eigenvalue weighted by molar-refractivity contribution is 0.0697. The average Bonchev–Trinajstić information content (AvgIpc) is 2.39. The van der Waals surface area contributed by atoms with Gasteiger partial charge in [-0.1, -0.05) is 6.42 Å². The second kappa shape index (κ2) is 6.09. The van der Waals surface area contributed by atoms with Crippen LogP contribution in [0.4, 0.5) is 5.82 Å². The molecule has 2 unspecified atom stereocenters. The van der Waals surface area contributed by atoms with Gasteiger partial charge in [0.2, 0.25) is 0 Å². The predicted molar refractivity (Wildman–Crippen MR) is 74.4 cm³/mol. The number of nitrogens with zero attached hydrogens (tertiary/aromatic N) is 1. The van der Waals surface area contributed by atoms with Gasteiger partial charge in [-0.2, -0.15) is 11.8 Å². The summed E-state index contributed by atoms with van der Waals surface area (Å²) in [6, 6.07) is 3.58. The van der Waals surface area contributed by atoms with E-state index in [1.165, 1.54) is 12.8 Å². The van der Waals surface area contributed by atoms with E-state index < -0.39 is 5.97 Å². The molecule has 1 aliphatic carbocycles. The van der Waals surface area contributed by atoms with Gasteiger partial charge < -0.3 is 10.4 Å². The van der Waals surface area contributed by atoms with Gasteiger partial charge in [0, 0.05) is 17.5 Å². The first kappa shape index (κ1) is 13.2. The predicted octanol–water partition coefficient (Wildman–Crippen LogP) is 2.87. The number of thioether (sulfide) groups is 1. The summed E-state index contributed by atoms with van der Waals surface area (Å²) in [6.45, 7) is 0. The number of carbonyl (C=O) groups is 1. The van der Waals surface area contributed by atoms with Crippen molar-refractivity contribution in [3.05, 3.63) is 23.9 Å². The number of nitrogens with one attached hydrogen (secondary N) is 1. The van der Waals surface area contributed by atoms with Crippen molar-refractivity contribution < 1.29 is 9.90 Å². The van der Waals surface area contributed by atoms with Crippen molar-refractivity contribution >= 4 is 23.5 Å². The van der Waals surface area contributed by atoms with Gasteiger partial charge >= 0.3 is 5.97 Å². The fourth-order valence-corrected chi connectivity index (χ4v) is 3.20. The molecule has 0 spiro atoms. The highest BCUT2D eigenvalue weighted by Gasteiger charge is 2.22. The molecule has 1 saturated carbocycles. The molecule has 0 aliphatic heterocycles. The lowest BCUT2D eigenvalue weighted by atomic mass is 9.95. The van der Waals surface area contributed by atoms with Crippen LogP contribution in [0.2, 0.25) is 0 Å². The van der Waals surface area contributed by atoms with E-state index in [1.807, 2.05) is 11.8 Å². The Labute approximate surface area is 111 Å². The quantitative estimate of drug-likeness (QED) is 0.877. The fourth-order valence-electron chi connectivity index (χ4n) is 2.38. The van der Waals surface area contributed by atoms with Gasteiger partial charge in [0.1, 0.15) is 11.4 Å². The number of hydrogen-bond acceptors (Lipinski definition) is 4. The third kappa shape index (κ3) is 3.16. The summed E-state index contributed by atoms with van der Waals surface area (Å²) in [6.07, 6.45) is 8.38. The van der Waals surface area contributed by atoms with Crippen LogP contribution in [-0.2, 0) is 0 Å². The summed E-state index contributed by atoms with van der Waals surface area (Å²) < 4.78 is 0. The third-order valence-corrected chi connectivity index (χ3v) is 4.43. The molecule has 98 valence electrons. The number of carboxylic acid groups (broad SMARTS) is 1. The molecule has 1 heterocycles. The molecule has 1 aliphatic rings. The lowest BCUT2D eigenvalue weighted by Gasteiger charge is -2.29. The van der Waals surface area contributed by atoms with Crippen LogP contribution in [0.3, 0.4) is 0 Å². The molecule has 1 aromatic rings. The molecule has 2 atom stereocenters. The van der Waals surface area contributed by atoms with Crippen LogP contribution in [0.15, 0.2) is 18.3 Å². The average molecular weight is 266 g/mol. The van der Waals surface area contributed by atoms with E-state index in [0.29, 0.717) is 17.1 Å². The van der Waals surface area contributed by atoms with Crippen LogP contribution in [0, 0.1) is 0 Å². The molecule has 18 heavy (non-hydrogen) atoms. The Morgan fingerprint density at radius 2 is 2.39 bits per heavy atom. The lowest BCUT2D eigenvalue weighted by Crippen LogP contribution is -2.29. The van der Waals surface area contributed by atoms with Crippen molar-refractivity contribution in [3.63, 3.8) is 0 Å². The zero-order valence-corrected chi connectivity index (χ0v) is 11.2. The van der Waals surface area contributed by atoms with E-state index in [9.17, 15) is 4.79 Å². The van der Waals surface area contributed by atoms with E-state index in [-0.39, 0.29) is 5.56 Å². The molecule has 0 amide bonds. The molecule has 4 nitrogen and oxygen atoms in total. The van der Waals surface area contributed by atoms with Gasteiger partial charge in [0.15, 0.2) is 0 Å². The Hall–Kier alpha value is -1.23. The molecule has 0 saturated heterocycles. The Balaban J connectivity index is 2.07. The first-order valence-electron chi connectivity index (χ1n) is 6.18. The summed E-state index contributed by atoms with van der Waals surface area (Å²) in [7, 11) is 0. The monoisotopic (exact) mass is 266 g/mol. The smallest absolute Gasteiger partial charge is 0.339 e. The van der Waals surface area contributed by atoms with Crippen LogP contribution in [0.25, 0.3) is 0 Å². The Morgan fingerprint density at radius 1 is 1.56 bits per heavy atom. The summed E-state index contributed by atoms with van der Waals surface area (Å²) in [4.78, 5) is 15.2. The highest BCUT2D eigenvalue weighted by Crippen LogP contribution is 2.29. The number of hydrogen-bond donors (Lipinski definition) is 2. The molecule has 2 rings (SSSR count). The van der Waals surface area contributed by atoms with Crippen LogP contribution in [-0.4, -0.2) is 33.6 Å². The maximum Gasteiger partial charge on any atom is 0.339 e.